The van der Waals surface area contributed by atoms with Gasteiger partial charge in [0, 0.05) is 19.1 Å². The minimum Gasteiger partial charge on any atom is -0.480 e. The van der Waals surface area contributed by atoms with Crippen LogP contribution in [0.15, 0.2) is 0 Å². The van der Waals surface area contributed by atoms with Crippen LogP contribution >= 0.6 is 0 Å². The van der Waals surface area contributed by atoms with Gasteiger partial charge in [0.25, 0.3) is 0 Å². The second kappa shape index (κ2) is 4.94. The number of hydrogen-bond acceptors (Lipinski definition) is 3. The van der Waals surface area contributed by atoms with Gasteiger partial charge < -0.3 is 15.3 Å². The Hall–Kier alpha value is -0.610. The molecule has 0 spiro atoms. The van der Waals surface area contributed by atoms with Gasteiger partial charge in [0.2, 0.25) is 0 Å². The number of hydrogen-bond donors (Lipinski definition) is 2. The number of nitrogens with zero attached hydrogens (tertiary/aromatic N) is 1. The molecule has 2 rings (SSSR count). The monoisotopic (exact) mass is 240 g/mol. The van der Waals surface area contributed by atoms with Crippen LogP contribution in [0.25, 0.3) is 0 Å². The summed E-state index contributed by atoms with van der Waals surface area (Å²) in [5, 5.41) is 12.4. The Bertz CT molecular complexity index is 287. The van der Waals surface area contributed by atoms with E-state index in [1.54, 1.807) is 0 Å². The molecule has 0 aromatic rings. The summed E-state index contributed by atoms with van der Waals surface area (Å²) in [6.45, 7) is 7.24. The molecule has 0 radical (unpaired) electrons. The van der Waals surface area contributed by atoms with Gasteiger partial charge in [-0.2, -0.15) is 0 Å². The fourth-order valence-corrected chi connectivity index (χ4v) is 2.70. The standard InChI is InChI=1S/C13H24N2O2/c1-13(2)6-3-7-15(9-13)8-11(12(16)17)14-10-4-5-10/h10-11,14H,3-9H2,1-2H3,(H,16,17). The van der Waals surface area contributed by atoms with Gasteiger partial charge >= 0.3 is 5.97 Å². The van der Waals surface area contributed by atoms with E-state index in [0.717, 1.165) is 25.9 Å². The fourth-order valence-electron chi connectivity index (χ4n) is 2.70. The molecule has 2 N–H and O–H groups in total. The SMILES string of the molecule is CC1(C)CCCN(CC(NC2CC2)C(=O)O)C1. The number of carboxylic acid groups (broad SMARTS) is 1. The van der Waals surface area contributed by atoms with E-state index in [4.69, 9.17) is 0 Å². The first-order valence-electron chi connectivity index (χ1n) is 6.67. The molecule has 1 aliphatic carbocycles. The maximum absolute atomic E-state index is 11.2. The highest BCUT2D eigenvalue weighted by molar-refractivity contribution is 5.73. The molecular weight excluding hydrogens is 216 g/mol. The van der Waals surface area contributed by atoms with Crippen molar-refractivity contribution in [3.05, 3.63) is 0 Å². The zero-order valence-corrected chi connectivity index (χ0v) is 10.9. The summed E-state index contributed by atoms with van der Waals surface area (Å²) in [4.78, 5) is 13.5. The number of carbonyl (C=O) groups is 1. The molecule has 0 amide bonds. The van der Waals surface area contributed by atoms with Crippen LogP contribution in [0.5, 0.6) is 0 Å². The van der Waals surface area contributed by atoms with Gasteiger partial charge in [-0.15, -0.1) is 0 Å². The topological polar surface area (TPSA) is 52.6 Å². The normalized spacial score (nSPS) is 26.7. The first-order valence-corrected chi connectivity index (χ1v) is 6.67. The number of rotatable bonds is 5. The highest BCUT2D eigenvalue weighted by Crippen LogP contribution is 2.28. The largest absolute Gasteiger partial charge is 0.480 e. The third-order valence-corrected chi connectivity index (χ3v) is 3.73. The van der Waals surface area contributed by atoms with Crippen molar-refractivity contribution < 1.29 is 9.90 Å². The van der Waals surface area contributed by atoms with Crippen LogP contribution in [0.3, 0.4) is 0 Å². The lowest BCUT2D eigenvalue weighted by Gasteiger charge is -2.39. The minimum absolute atomic E-state index is 0.334. The molecule has 1 saturated carbocycles. The number of carboxylic acids is 1. The molecule has 1 unspecified atom stereocenters. The van der Waals surface area contributed by atoms with Crippen molar-refractivity contribution in [3.63, 3.8) is 0 Å². The Morgan fingerprint density at radius 2 is 2.24 bits per heavy atom. The molecule has 17 heavy (non-hydrogen) atoms. The van der Waals surface area contributed by atoms with Crippen molar-refractivity contribution in [1.82, 2.24) is 10.2 Å². The fraction of sp³-hybridized carbons (Fsp3) is 0.923. The van der Waals surface area contributed by atoms with Gasteiger partial charge in [0.15, 0.2) is 0 Å². The molecule has 1 aliphatic heterocycles. The molecule has 1 atom stereocenters. The number of piperidine rings is 1. The predicted octanol–water partition coefficient (Wildman–Crippen LogP) is 1.31. The second-order valence-electron chi connectivity index (χ2n) is 6.33. The molecule has 0 aromatic heterocycles. The van der Waals surface area contributed by atoms with Gasteiger partial charge in [-0.3, -0.25) is 4.79 Å². The zero-order chi connectivity index (χ0) is 12.5. The smallest absolute Gasteiger partial charge is 0.322 e. The molecule has 2 fully saturated rings. The van der Waals surface area contributed by atoms with Crippen LogP contribution in [-0.2, 0) is 4.79 Å². The van der Waals surface area contributed by atoms with E-state index in [0.29, 0.717) is 18.0 Å². The Morgan fingerprint density at radius 3 is 2.76 bits per heavy atom. The average molecular weight is 240 g/mol. The molecule has 4 heteroatoms. The second-order valence-corrected chi connectivity index (χ2v) is 6.33. The first-order chi connectivity index (χ1) is 7.96. The van der Waals surface area contributed by atoms with E-state index in [-0.39, 0.29) is 0 Å². The molecule has 98 valence electrons. The van der Waals surface area contributed by atoms with Crippen molar-refractivity contribution in [2.75, 3.05) is 19.6 Å². The van der Waals surface area contributed by atoms with Gasteiger partial charge in [-0.05, 0) is 37.6 Å². The maximum Gasteiger partial charge on any atom is 0.322 e. The van der Waals surface area contributed by atoms with E-state index in [1.807, 2.05) is 0 Å². The maximum atomic E-state index is 11.2. The van der Waals surface area contributed by atoms with Crippen LogP contribution < -0.4 is 5.32 Å². The van der Waals surface area contributed by atoms with E-state index in [2.05, 4.69) is 24.1 Å². The highest BCUT2D eigenvalue weighted by Gasteiger charge is 2.32. The zero-order valence-electron chi connectivity index (χ0n) is 10.9. The quantitative estimate of drug-likeness (QED) is 0.761. The van der Waals surface area contributed by atoms with Crippen LogP contribution in [0.4, 0.5) is 0 Å². The van der Waals surface area contributed by atoms with Crippen LogP contribution in [0.2, 0.25) is 0 Å². The van der Waals surface area contributed by atoms with Crippen molar-refractivity contribution >= 4 is 5.97 Å². The van der Waals surface area contributed by atoms with E-state index in [9.17, 15) is 9.90 Å². The van der Waals surface area contributed by atoms with E-state index in [1.165, 1.54) is 12.8 Å². The molecule has 4 nitrogen and oxygen atoms in total. The summed E-state index contributed by atoms with van der Waals surface area (Å²) in [6.07, 6.45) is 4.70. The Kier molecular flexibility index (Phi) is 3.73. The van der Waals surface area contributed by atoms with Crippen molar-refractivity contribution in [3.8, 4) is 0 Å². The lowest BCUT2D eigenvalue weighted by Crippen LogP contribution is -2.50. The number of nitrogens with one attached hydrogen (secondary N) is 1. The highest BCUT2D eigenvalue weighted by atomic mass is 16.4. The number of aliphatic carboxylic acids is 1. The molecule has 0 bridgehead atoms. The molecule has 2 aliphatic rings. The summed E-state index contributed by atoms with van der Waals surface area (Å²) in [5.41, 5.74) is 0.334. The summed E-state index contributed by atoms with van der Waals surface area (Å²) < 4.78 is 0. The van der Waals surface area contributed by atoms with Crippen LogP contribution in [0.1, 0.15) is 39.5 Å². The van der Waals surface area contributed by atoms with Crippen LogP contribution in [-0.4, -0.2) is 47.7 Å². The van der Waals surface area contributed by atoms with Crippen molar-refractivity contribution in [1.29, 1.82) is 0 Å². The lowest BCUT2D eigenvalue weighted by atomic mass is 9.84. The summed E-state index contributed by atoms with van der Waals surface area (Å²) in [7, 11) is 0. The van der Waals surface area contributed by atoms with Gasteiger partial charge in [-0.1, -0.05) is 13.8 Å². The lowest BCUT2D eigenvalue weighted by molar-refractivity contribution is -0.140. The summed E-state index contributed by atoms with van der Waals surface area (Å²) in [6, 6.07) is 0.0605. The van der Waals surface area contributed by atoms with Gasteiger partial charge in [-0.25, -0.2) is 0 Å². The first kappa shape index (κ1) is 12.8. The Labute approximate surface area is 103 Å². The summed E-state index contributed by atoms with van der Waals surface area (Å²) in [5.74, 6) is -0.708. The van der Waals surface area contributed by atoms with Gasteiger partial charge in [0.1, 0.15) is 6.04 Å². The Balaban J connectivity index is 1.85. The van der Waals surface area contributed by atoms with E-state index >= 15 is 0 Å². The average Bonchev–Trinajstić information content (AvgIpc) is 2.99. The van der Waals surface area contributed by atoms with E-state index < -0.39 is 12.0 Å². The third-order valence-electron chi connectivity index (χ3n) is 3.73. The molecule has 1 heterocycles. The Morgan fingerprint density at radius 1 is 1.53 bits per heavy atom. The molecule has 0 aromatic carbocycles. The van der Waals surface area contributed by atoms with Gasteiger partial charge in [0.05, 0.1) is 0 Å². The third kappa shape index (κ3) is 3.96. The minimum atomic E-state index is -0.708. The predicted molar refractivity (Wildman–Crippen MR) is 67.0 cm³/mol. The summed E-state index contributed by atoms with van der Waals surface area (Å²) >= 11 is 0. The number of likely N-dealkylation sites (tertiary alicyclic amines) is 1. The molecular formula is C13H24N2O2. The van der Waals surface area contributed by atoms with Crippen molar-refractivity contribution in [2.45, 2.75) is 51.6 Å². The van der Waals surface area contributed by atoms with Crippen LogP contribution in [0, 0.1) is 5.41 Å². The molecule has 1 saturated heterocycles. The van der Waals surface area contributed by atoms with Crippen molar-refractivity contribution in [2.24, 2.45) is 5.41 Å².